The van der Waals surface area contributed by atoms with Gasteiger partial charge in [0, 0.05) is 34.8 Å². The molecule has 0 aliphatic rings. The van der Waals surface area contributed by atoms with Gasteiger partial charge in [0.25, 0.3) is 0 Å². The van der Waals surface area contributed by atoms with E-state index < -0.39 is 0 Å². The minimum absolute atomic E-state index is 0.0705. The zero-order chi connectivity index (χ0) is 26.7. The predicted octanol–water partition coefficient (Wildman–Crippen LogP) is 5.94. The lowest BCUT2D eigenvalue weighted by atomic mass is 10.1. The van der Waals surface area contributed by atoms with E-state index in [0.717, 1.165) is 34.2 Å². The van der Waals surface area contributed by atoms with E-state index in [1.165, 1.54) is 5.56 Å². The number of fused-ring (bicyclic) bond motifs is 1. The average Bonchev–Trinajstić information content (AvgIpc) is 3.27. The molecule has 3 aromatic carbocycles. The number of ether oxygens (including phenoxy) is 2. The number of carbonyl (C=O) groups excluding carboxylic acids is 2. The summed E-state index contributed by atoms with van der Waals surface area (Å²) < 4.78 is 13.2. The van der Waals surface area contributed by atoms with Crippen LogP contribution >= 0.6 is 0 Å². The summed E-state index contributed by atoms with van der Waals surface area (Å²) in [5, 5.41) is 3.92. The van der Waals surface area contributed by atoms with Crippen molar-refractivity contribution >= 4 is 28.9 Å². The molecule has 4 aromatic rings. The lowest BCUT2D eigenvalue weighted by molar-refractivity contribution is -0.138. The Balaban J connectivity index is 1.57. The molecule has 0 fully saturated rings. The molecule has 0 unspecified atom stereocenters. The highest BCUT2D eigenvalue weighted by atomic mass is 16.5. The second-order valence-corrected chi connectivity index (χ2v) is 8.99. The molecule has 0 atom stereocenters. The smallest absolute Gasteiger partial charge is 0.333 e. The quantitative estimate of drug-likeness (QED) is 0.189. The highest BCUT2D eigenvalue weighted by molar-refractivity contribution is 5.98. The van der Waals surface area contributed by atoms with Crippen LogP contribution in [0, 0.1) is 0 Å². The van der Waals surface area contributed by atoms with Crippen molar-refractivity contribution in [2.24, 2.45) is 0 Å². The van der Waals surface area contributed by atoms with Gasteiger partial charge in [0.15, 0.2) is 0 Å². The fourth-order valence-corrected chi connectivity index (χ4v) is 4.30. The van der Waals surface area contributed by atoms with Crippen LogP contribution < -0.4 is 10.1 Å². The second-order valence-electron chi connectivity index (χ2n) is 8.99. The number of benzene rings is 3. The number of nitrogens with one attached hydrogen (secondary N) is 1. The van der Waals surface area contributed by atoms with Crippen LogP contribution in [0.1, 0.15) is 37.0 Å². The first-order valence-electron chi connectivity index (χ1n) is 13.0. The van der Waals surface area contributed by atoms with Gasteiger partial charge in [0.05, 0.1) is 6.61 Å². The zero-order valence-corrected chi connectivity index (χ0v) is 22.0. The van der Waals surface area contributed by atoms with E-state index in [9.17, 15) is 9.59 Å². The van der Waals surface area contributed by atoms with Gasteiger partial charge in [-0.2, -0.15) is 0 Å². The third-order valence-electron chi connectivity index (χ3n) is 6.27. The van der Waals surface area contributed by atoms with E-state index in [0.29, 0.717) is 31.8 Å². The van der Waals surface area contributed by atoms with E-state index in [-0.39, 0.29) is 18.4 Å². The largest absolute Gasteiger partial charge is 0.489 e. The molecule has 38 heavy (non-hydrogen) atoms. The van der Waals surface area contributed by atoms with Crippen LogP contribution in [0.3, 0.4) is 0 Å². The summed E-state index contributed by atoms with van der Waals surface area (Å²) in [7, 11) is 0. The molecule has 0 aliphatic carbocycles. The van der Waals surface area contributed by atoms with E-state index in [2.05, 4.69) is 17.4 Å². The first kappa shape index (κ1) is 26.7. The number of carbonyl (C=O) groups is 2. The van der Waals surface area contributed by atoms with Gasteiger partial charge >= 0.3 is 5.97 Å². The fraction of sp³-hybridized carbons (Fsp3) is 0.250. The van der Waals surface area contributed by atoms with Crippen molar-refractivity contribution in [3.63, 3.8) is 0 Å². The van der Waals surface area contributed by atoms with Gasteiger partial charge in [0.1, 0.15) is 18.9 Å². The topological polar surface area (TPSA) is 69.6 Å². The van der Waals surface area contributed by atoms with E-state index in [4.69, 9.17) is 9.47 Å². The van der Waals surface area contributed by atoms with Crippen LogP contribution in [0.15, 0.2) is 90.6 Å². The summed E-state index contributed by atoms with van der Waals surface area (Å²) in [5.74, 6) is 0.320. The van der Waals surface area contributed by atoms with E-state index >= 15 is 0 Å². The van der Waals surface area contributed by atoms with Crippen LogP contribution in [0.4, 0.5) is 0 Å². The predicted molar refractivity (Wildman–Crippen MR) is 151 cm³/mol. The molecular formula is C32H34N2O4. The van der Waals surface area contributed by atoms with Gasteiger partial charge < -0.3 is 19.4 Å². The molecule has 0 saturated heterocycles. The zero-order valence-electron chi connectivity index (χ0n) is 22.0. The summed E-state index contributed by atoms with van der Waals surface area (Å²) in [4.78, 5) is 25.3. The Morgan fingerprint density at radius 2 is 1.63 bits per heavy atom. The minimum atomic E-state index is -0.328. The normalized spacial score (nSPS) is 11.4. The number of esters is 1. The summed E-state index contributed by atoms with van der Waals surface area (Å²) >= 11 is 0. The third kappa shape index (κ3) is 7.13. The van der Waals surface area contributed by atoms with Crippen LogP contribution in [0.2, 0.25) is 0 Å². The minimum Gasteiger partial charge on any atom is -0.489 e. The Morgan fingerprint density at radius 3 is 2.32 bits per heavy atom. The number of nitrogens with zero attached hydrogens (tertiary/aromatic N) is 1. The molecule has 0 aliphatic heterocycles. The van der Waals surface area contributed by atoms with Crippen LogP contribution in [-0.4, -0.2) is 29.6 Å². The summed E-state index contributed by atoms with van der Waals surface area (Å²) in [6.45, 7) is 5.23. The molecule has 6 nitrogen and oxygen atoms in total. The molecule has 196 valence electrons. The molecule has 0 bridgehead atoms. The summed E-state index contributed by atoms with van der Waals surface area (Å²) in [5.41, 5.74) is 4.57. The first-order valence-corrected chi connectivity index (χ1v) is 13.0. The molecule has 4 rings (SSSR count). The molecule has 0 radical (unpaired) electrons. The number of hydrogen-bond acceptors (Lipinski definition) is 4. The molecule has 0 saturated carbocycles. The third-order valence-corrected chi connectivity index (χ3v) is 6.27. The van der Waals surface area contributed by atoms with E-state index in [1.54, 1.807) is 6.92 Å². The van der Waals surface area contributed by atoms with Crippen molar-refractivity contribution in [2.75, 3.05) is 13.2 Å². The van der Waals surface area contributed by atoms with Gasteiger partial charge in [-0.15, -0.1) is 0 Å². The molecule has 1 heterocycles. The monoisotopic (exact) mass is 510 g/mol. The highest BCUT2D eigenvalue weighted by Crippen LogP contribution is 2.29. The lowest BCUT2D eigenvalue weighted by Gasteiger charge is -2.09. The van der Waals surface area contributed by atoms with Crippen molar-refractivity contribution in [3.05, 3.63) is 107 Å². The lowest BCUT2D eigenvalue weighted by Crippen LogP contribution is -2.29. The second kappa shape index (κ2) is 13.3. The van der Waals surface area contributed by atoms with Gasteiger partial charge in [-0.05, 0) is 55.2 Å². The molecular weight excluding hydrogens is 476 g/mol. The van der Waals surface area contributed by atoms with Gasteiger partial charge in [-0.3, -0.25) is 4.79 Å². The highest BCUT2D eigenvalue weighted by Gasteiger charge is 2.15. The van der Waals surface area contributed by atoms with Crippen LogP contribution in [-0.2, 0) is 33.9 Å². The van der Waals surface area contributed by atoms with Crippen LogP contribution in [0.25, 0.3) is 17.0 Å². The SMILES string of the molecule is CCOC(=O)/C(=C/c1cn(CC(=O)NCCc2ccccc2)c2ccc(OCc3ccccc3)cc12)CC. The molecule has 1 N–H and O–H groups in total. The van der Waals surface area contributed by atoms with Crippen molar-refractivity contribution in [2.45, 2.75) is 39.8 Å². The van der Waals surface area contributed by atoms with Crippen molar-refractivity contribution in [1.29, 1.82) is 0 Å². The fourth-order valence-electron chi connectivity index (χ4n) is 4.30. The maximum absolute atomic E-state index is 12.8. The standard InChI is InChI=1S/C32H34N2O4/c1-3-26(32(36)37-4-2)19-27-21-34(22-31(35)33-18-17-24-11-7-5-8-12-24)30-16-15-28(20-29(27)30)38-23-25-13-9-6-10-14-25/h5-16,19-21H,3-4,17-18,22-23H2,1-2H3,(H,33,35)/b26-19+. The van der Waals surface area contributed by atoms with Gasteiger partial charge in [0.2, 0.25) is 5.91 Å². The molecule has 1 aromatic heterocycles. The number of hydrogen-bond donors (Lipinski definition) is 1. The van der Waals surface area contributed by atoms with Gasteiger partial charge in [-0.1, -0.05) is 67.6 Å². The Morgan fingerprint density at radius 1 is 0.921 bits per heavy atom. The maximum atomic E-state index is 12.8. The van der Waals surface area contributed by atoms with Crippen molar-refractivity contribution < 1.29 is 19.1 Å². The Hall–Kier alpha value is -4.32. The Bertz CT molecular complexity index is 1390. The van der Waals surface area contributed by atoms with Gasteiger partial charge in [-0.25, -0.2) is 4.79 Å². The maximum Gasteiger partial charge on any atom is 0.333 e. The Labute approximate surface area is 223 Å². The van der Waals surface area contributed by atoms with Crippen molar-refractivity contribution in [3.8, 4) is 5.75 Å². The number of rotatable bonds is 12. The molecule has 0 spiro atoms. The summed E-state index contributed by atoms with van der Waals surface area (Å²) in [6, 6.07) is 25.9. The first-order chi connectivity index (χ1) is 18.6. The summed E-state index contributed by atoms with van der Waals surface area (Å²) in [6.07, 6.45) is 5.08. The molecule has 1 amide bonds. The van der Waals surface area contributed by atoms with E-state index in [1.807, 2.05) is 90.5 Å². The number of amides is 1. The molecule has 6 heteroatoms. The van der Waals surface area contributed by atoms with Crippen LogP contribution in [0.5, 0.6) is 5.75 Å². The average molecular weight is 511 g/mol. The number of aromatic nitrogens is 1. The van der Waals surface area contributed by atoms with Crippen molar-refractivity contribution in [1.82, 2.24) is 9.88 Å². The Kier molecular flexibility index (Phi) is 9.35.